The Bertz CT molecular complexity index is 718. The van der Waals surface area contributed by atoms with Gasteiger partial charge in [-0.3, -0.25) is 4.79 Å². The SMILES string of the molecule is O=C(NC1CCOCC1)C(Oc1ccc(F)c(F)c1)c1ccccc1. The number of amides is 1. The minimum atomic E-state index is -1.02. The van der Waals surface area contributed by atoms with Crippen molar-refractivity contribution in [1.82, 2.24) is 5.32 Å². The summed E-state index contributed by atoms with van der Waals surface area (Å²) in [5, 5.41) is 2.95. The molecule has 25 heavy (non-hydrogen) atoms. The Labute approximate surface area is 144 Å². The van der Waals surface area contributed by atoms with E-state index in [4.69, 9.17) is 9.47 Å². The Kier molecular flexibility index (Phi) is 5.60. The third-order valence-corrected chi connectivity index (χ3v) is 4.05. The van der Waals surface area contributed by atoms with Crippen LogP contribution in [0.15, 0.2) is 48.5 Å². The molecule has 1 heterocycles. The molecule has 1 aliphatic heterocycles. The first kappa shape index (κ1) is 17.4. The third-order valence-electron chi connectivity index (χ3n) is 4.05. The van der Waals surface area contributed by atoms with Crippen LogP contribution in [0.5, 0.6) is 5.75 Å². The largest absolute Gasteiger partial charge is 0.476 e. The van der Waals surface area contributed by atoms with Gasteiger partial charge in [-0.1, -0.05) is 30.3 Å². The van der Waals surface area contributed by atoms with Crippen molar-refractivity contribution in [3.63, 3.8) is 0 Å². The van der Waals surface area contributed by atoms with Gasteiger partial charge in [0, 0.05) is 30.9 Å². The van der Waals surface area contributed by atoms with Crippen molar-refractivity contribution in [2.24, 2.45) is 0 Å². The number of rotatable bonds is 5. The van der Waals surface area contributed by atoms with E-state index in [1.54, 1.807) is 24.3 Å². The van der Waals surface area contributed by atoms with Crippen molar-refractivity contribution in [3.8, 4) is 5.75 Å². The lowest BCUT2D eigenvalue weighted by molar-refractivity contribution is -0.129. The predicted molar refractivity (Wildman–Crippen MR) is 88.2 cm³/mol. The molecule has 4 nitrogen and oxygen atoms in total. The number of benzene rings is 2. The fraction of sp³-hybridized carbons (Fsp3) is 0.316. The number of ether oxygens (including phenoxy) is 2. The molecule has 1 N–H and O–H groups in total. The second-order valence-electron chi connectivity index (χ2n) is 5.88. The van der Waals surface area contributed by atoms with E-state index in [0.717, 1.165) is 25.0 Å². The fourth-order valence-electron chi connectivity index (χ4n) is 2.71. The van der Waals surface area contributed by atoms with Gasteiger partial charge in [0.05, 0.1) is 0 Å². The van der Waals surface area contributed by atoms with Crippen LogP contribution in [-0.4, -0.2) is 25.2 Å². The number of nitrogens with one attached hydrogen (secondary N) is 1. The summed E-state index contributed by atoms with van der Waals surface area (Å²) in [6.07, 6.45) is 0.519. The predicted octanol–water partition coefficient (Wildman–Crippen LogP) is 3.38. The van der Waals surface area contributed by atoms with Crippen molar-refractivity contribution in [1.29, 1.82) is 0 Å². The lowest BCUT2D eigenvalue weighted by atomic mass is 10.1. The highest BCUT2D eigenvalue weighted by molar-refractivity contribution is 5.82. The summed E-state index contributed by atoms with van der Waals surface area (Å²) in [6, 6.07) is 12.2. The number of halogens is 2. The van der Waals surface area contributed by atoms with E-state index in [1.165, 1.54) is 6.07 Å². The lowest BCUT2D eigenvalue weighted by Crippen LogP contribution is -2.42. The molecule has 2 aromatic carbocycles. The van der Waals surface area contributed by atoms with Gasteiger partial charge in [-0.05, 0) is 25.0 Å². The van der Waals surface area contributed by atoms with Gasteiger partial charge in [0.1, 0.15) is 5.75 Å². The number of carbonyl (C=O) groups excluding carboxylic acids is 1. The number of hydrogen-bond donors (Lipinski definition) is 1. The fourth-order valence-corrected chi connectivity index (χ4v) is 2.71. The highest BCUT2D eigenvalue weighted by Crippen LogP contribution is 2.24. The summed E-state index contributed by atoms with van der Waals surface area (Å²) >= 11 is 0. The lowest BCUT2D eigenvalue weighted by Gasteiger charge is -2.26. The molecule has 2 aromatic rings. The Balaban J connectivity index is 1.79. The normalized spacial score (nSPS) is 16.2. The average Bonchev–Trinajstić information content (AvgIpc) is 2.64. The van der Waals surface area contributed by atoms with E-state index < -0.39 is 17.7 Å². The first-order valence-electron chi connectivity index (χ1n) is 8.18. The van der Waals surface area contributed by atoms with Gasteiger partial charge in [0.15, 0.2) is 11.6 Å². The smallest absolute Gasteiger partial charge is 0.266 e. The molecular weight excluding hydrogens is 328 g/mol. The molecule has 132 valence electrons. The molecule has 0 saturated carbocycles. The second kappa shape index (κ2) is 8.07. The molecular formula is C19H19F2NO3. The quantitative estimate of drug-likeness (QED) is 0.902. The molecule has 1 fully saturated rings. The van der Waals surface area contributed by atoms with Crippen LogP contribution in [0.3, 0.4) is 0 Å². The van der Waals surface area contributed by atoms with Gasteiger partial charge >= 0.3 is 0 Å². The van der Waals surface area contributed by atoms with Gasteiger partial charge in [0.25, 0.3) is 5.91 Å². The summed E-state index contributed by atoms with van der Waals surface area (Å²) in [6.45, 7) is 1.20. The van der Waals surface area contributed by atoms with Crippen LogP contribution in [0, 0.1) is 11.6 Å². The summed E-state index contributed by atoms with van der Waals surface area (Å²) in [5.74, 6) is -2.21. The Morgan fingerprint density at radius 1 is 1.08 bits per heavy atom. The van der Waals surface area contributed by atoms with Crippen LogP contribution in [0.4, 0.5) is 8.78 Å². The molecule has 1 atom stereocenters. The monoisotopic (exact) mass is 347 g/mol. The van der Waals surface area contributed by atoms with Crippen LogP contribution in [-0.2, 0) is 9.53 Å². The van der Waals surface area contributed by atoms with Crippen molar-refractivity contribution < 1.29 is 23.0 Å². The molecule has 0 bridgehead atoms. The Hall–Kier alpha value is -2.47. The van der Waals surface area contributed by atoms with Crippen LogP contribution < -0.4 is 10.1 Å². The summed E-state index contributed by atoms with van der Waals surface area (Å²) < 4.78 is 37.5. The van der Waals surface area contributed by atoms with Gasteiger partial charge < -0.3 is 14.8 Å². The standard InChI is InChI=1S/C19H19F2NO3/c20-16-7-6-15(12-17(16)21)25-18(13-4-2-1-3-5-13)19(23)22-14-8-10-24-11-9-14/h1-7,12,14,18H,8-11H2,(H,22,23). The molecule has 0 spiro atoms. The van der Waals surface area contributed by atoms with Crippen molar-refractivity contribution >= 4 is 5.91 Å². The molecule has 1 unspecified atom stereocenters. The molecule has 1 amide bonds. The van der Waals surface area contributed by atoms with E-state index in [1.807, 2.05) is 6.07 Å². The van der Waals surface area contributed by atoms with Crippen molar-refractivity contribution in [2.75, 3.05) is 13.2 Å². The topological polar surface area (TPSA) is 47.6 Å². The summed E-state index contributed by atoms with van der Waals surface area (Å²) in [7, 11) is 0. The maximum Gasteiger partial charge on any atom is 0.266 e. The maximum atomic E-state index is 13.4. The van der Waals surface area contributed by atoms with Gasteiger partial charge in [-0.15, -0.1) is 0 Å². The average molecular weight is 347 g/mol. The molecule has 0 aromatic heterocycles. The zero-order valence-electron chi connectivity index (χ0n) is 13.6. The van der Waals surface area contributed by atoms with E-state index >= 15 is 0 Å². The molecule has 0 radical (unpaired) electrons. The van der Waals surface area contributed by atoms with Gasteiger partial charge in [0.2, 0.25) is 6.10 Å². The first-order chi connectivity index (χ1) is 12.1. The molecule has 6 heteroatoms. The van der Waals surface area contributed by atoms with Crippen molar-refractivity contribution in [2.45, 2.75) is 25.0 Å². The summed E-state index contributed by atoms with van der Waals surface area (Å²) in [5.41, 5.74) is 0.636. The third kappa shape index (κ3) is 4.54. The number of carbonyl (C=O) groups is 1. The van der Waals surface area contributed by atoms with Crippen LogP contribution in [0.1, 0.15) is 24.5 Å². The van der Waals surface area contributed by atoms with E-state index in [-0.39, 0.29) is 17.7 Å². The van der Waals surface area contributed by atoms with E-state index in [2.05, 4.69) is 5.32 Å². The van der Waals surface area contributed by atoms with E-state index in [9.17, 15) is 13.6 Å². The Morgan fingerprint density at radius 3 is 2.48 bits per heavy atom. The zero-order valence-corrected chi connectivity index (χ0v) is 13.6. The minimum Gasteiger partial charge on any atom is -0.476 e. The second-order valence-corrected chi connectivity index (χ2v) is 5.88. The maximum absolute atomic E-state index is 13.4. The van der Waals surface area contributed by atoms with Crippen LogP contribution >= 0.6 is 0 Å². The van der Waals surface area contributed by atoms with Gasteiger partial charge in [-0.25, -0.2) is 8.78 Å². The van der Waals surface area contributed by atoms with Crippen molar-refractivity contribution in [3.05, 3.63) is 65.7 Å². The number of hydrogen-bond acceptors (Lipinski definition) is 3. The summed E-state index contributed by atoms with van der Waals surface area (Å²) in [4.78, 5) is 12.7. The van der Waals surface area contributed by atoms with Crippen LogP contribution in [0.2, 0.25) is 0 Å². The highest BCUT2D eigenvalue weighted by Gasteiger charge is 2.26. The van der Waals surface area contributed by atoms with E-state index in [0.29, 0.717) is 18.8 Å². The van der Waals surface area contributed by atoms with Crippen LogP contribution in [0.25, 0.3) is 0 Å². The van der Waals surface area contributed by atoms with Gasteiger partial charge in [-0.2, -0.15) is 0 Å². The molecule has 1 aliphatic rings. The molecule has 3 rings (SSSR count). The Morgan fingerprint density at radius 2 is 1.80 bits per heavy atom. The molecule has 1 saturated heterocycles. The molecule has 0 aliphatic carbocycles. The highest BCUT2D eigenvalue weighted by atomic mass is 19.2. The first-order valence-corrected chi connectivity index (χ1v) is 8.18. The zero-order chi connectivity index (χ0) is 17.6. The minimum absolute atomic E-state index is 0.0148.